The van der Waals surface area contributed by atoms with Gasteiger partial charge in [-0.3, -0.25) is 9.59 Å². The molecule has 0 bridgehead atoms. The van der Waals surface area contributed by atoms with Gasteiger partial charge in [0.2, 0.25) is 0 Å². The predicted octanol–water partition coefficient (Wildman–Crippen LogP) is 13.4. The molecule has 5 nitrogen and oxygen atoms in total. The standard InChI is InChI=1S/C43H84O5/c1-4-5-6-7-8-9-10-11-14-18-21-24-27-30-33-36-42(45)47-38-41(44)39-48-43(46)37-34-31-28-25-22-19-16-13-12-15-17-20-23-26-29-32-35-40(2)3/h40-41,44H,4-39H2,1-3H3/t41-/m0/s1. The zero-order valence-corrected chi connectivity index (χ0v) is 32.7. The van der Waals surface area contributed by atoms with Crippen molar-refractivity contribution in [2.45, 2.75) is 245 Å². The summed E-state index contributed by atoms with van der Waals surface area (Å²) < 4.78 is 10.4. The molecule has 0 aliphatic rings. The van der Waals surface area contributed by atoms with Crippen LogP contribution in [0.4, 0.5) is 0 Å². The Bertz CT molecular complexity index is 664. The highest BCUT2D eigenvalue weighted by Crippen LogP contribution is 2.16. The molecule has 0 spiro atoms. The predicted molar refractivity (Wildman–Crippen MR) is 205 cm³/mol. The van der Waals surface area contributed by atoms with Crippen molar-refractivity contribution in [2.75, 3.05) is 13.2 Å². The Morgan fingerprint density at radius 1 is 0.417 bits per heavy atom. The van der Waals surface area contributed by atoms with Crippen molar-refractivity contribution in [3.8, 4) is 0 Å². The van der Waals surface area contributed by atoms with Gasteiger partial charge in [-0.05, 0) is 18.8 Å². The van der Waals surface area contributed by atoms with Gasteiger partial charge in [-0.15, -0.1) is 0 Å². The van der Waals surface area contributed by atoms with Crippen molar-refractivity contribution in [1.29, 1.82) is 0 Å². The van der Waals surface area contributed by atoms with E-state index in [1.54, 1.807) is 0 Å². The van der Waals surface area contributed by atoms with Crippen LogP contribution in [0, 0.1) is 5.92 Å². The lowest BCUT2D eigenvalue weighted by molar-refractivity contribution is -0.152. The molecule has 0 aliphatic carbocycles. The van der Waals surface area contributed by atoms with Gasteiger partial charge in [0.05, 0.1) is 0 Å². The Hall–Kier alpha value is -1.10. The number of hydrogen-bond acceptors (Lipinski definition) is 5. The monoisotopic (exact) mass is 681 g/mol. The summed E-state index contributed by atoms with van der Waals surface area (Å²) in [6.07, 6.45) is 41.6. The maximum absolute atomic E-state index is 12.0. The van der Waals surface area contributed by atoms with Gasteiger partial charge in [0.25, 0.3) is 0 Å². The highest BCUT2D eigenvalue weighted by Gasteiger charge is 2.12. The van der Waals surface area contributed by atoms with Crippen LogP contribution in [0.15, 0.2) is 0 Å². The number of aliphatic hydroxyl groups is 1. The fourth-order valence-corrected chi connectivity index (χ4v) is 6.51. The second-order valence-corrected chi connectivity index (χ2v) is 15.3. The van der Waals surface area contributed by atoms with E-state index in [1.807, 2.05) is 0 Å². The highest BCUT2D eigenvalue weighted by molar-refractivity contribution is 5.69. The summed E-state index contributed by atoms with van der Waals surface area (Å²) in [6, 6.07) is 0. The second kappa shape index (κ2) is 38.7. The lowest BCUT2D eigenvalue weighted by Gasteiger charge is -2.12. The third-order valence-corrected chi connectivity index (χ3v) is 9.77. The Kier molecular flexibility index (Phi) is 37.8. The van der Waals surface area contributed by atoms with E-state index in [-0.39, 0.29) is 25.2 Å². The van der Waals surface area contributed by atoms with E-state index in [4.69, 9.17) is 9.47 Å². The number of esters is 2. The van der Waals surface area contributed by atoms with Gasteiger partial charge in [-0.2, -0.15) is 0 Å². The van der Waals surface area contributed by atoms with E-state index in [1.165, 1.54) is 180 Å². The Balaban J connectivity index is 3.36. The molecular weight excluding hydrogens is 596 g/mol. The van der Waals surface area contributed by atoms with Gasteiger partial charge in [0.15, 0.2) is 0 Å². The molecule has 0 unspecified atom stereocenters. The summed E-state index contributed by atoms with van der Waals surface area (Å²) in [5.74, 6) is 0.311. The fraction of sp³-hybridized carbons (Fsp3) is 0.953. The minimum absolute atomic E-state index is 0.108. The van der Waals surface area contributed by atoms with E-state index in [0.29, 0.717) is 12.8 Å². The van der Waals surface area contributed by atoms with Gasteiger partial charge in [0, 0.05) is 12.8 Å². The lowest BCUT2D eigenvalue weighted by atomic mass is 10.0. The highest BCUT2D eigenvalue weighted by atomic mass is 16.6. The minimum Gasteiger partial charge on any atom is -0.463 e. The zero-order valence-electron chi connectivity index (χ0n) is 32.7. The van der Waals surface area contributed by atoms with Crippen LogP contribution >= 0.6 is 0 Å². The molecule has 0 amide bonds. The fourth-order valence-electron chi connectivity index (χ4n) is 6.51. The molecule has 0 saturated heterocycles. The van der Waals surface area contributed by atoms with E-state index in [0.717, 1.165) is 31.6 Å². The molecule has 0 fully saturated rings. The molecule has 0 rings (SSSR count). The summed E-state index contributed by atoms with van der Waals surface area (Å²) in [5.41, 5.74) is 0. The van der Waals surface area contributed by atoms with Crippen LogP contribution in [-0.4, -0.2) is 36.4 Å². The van der Waals surface area contributed by atoms with E-state index in [2.05, 4.69) is 20.8 Å². The topological polar surface area (TPSA) is 72.8 Å². The molecule has 0 aromatic heterocycles. The molecule has 0 heterocycles. The summed E-state index contributed by atoms with van der Waals surface area (Å²) in [7, 11) is 0. The zero-order chi connectivity index (χ0) is 35.2. The van der Waals surface area contributed by atoms with Crippen LogP contribution in [0.2, 0.25) is 0 Å². The first-order valence-electron chi connectivity index (χ1n) is 21.4. The maximum atomic E-state index is 12.0. The number of carbonyl (C=O) groups excluding carboxylic acids is 2. The normalized spacial score (nSPS) is 12.1. The third-order valence-electron chi connectivity index (χ3n) is 9.77. The second-order valence-electron chi connectivity index (χ2n) is 15.3. The number of aliphatic hydroxyl groups excluding tert-OH is 1. The van der Waals surface area contributed by atoms with Gasteiger partial charge >= 0.3 is 11.9 Å². The van der Waals surface area contributed by atoms with Crippen LogP contribution in [0.25, 0.3) is 0 Å². The Morgan fingerprint density at radius 3 is 0.938 bits per heavy atom. The van der Waals surface area contributed by atoms with Crippen LogP contribution in [0.1, 0.15) is 239 Å². The van der Waals surface area contributed by atoms with Crippen molar-refractivity contribution in [3.63, 3.8) is 0 Å². The SMILES string of the molecule is CCCCCCCCCCCCCCCCCC(=O)OC[C@H](O)COC(=O)CCCCCCCCCCCCCCCCCCC(C)C. The summed E-state index contributed by atoms with van der Waals surface area (Å²) in [6.45, 7) is 6.70. The largest absolute Gasteiger partial charge is 0.463 e. The Labute approximate surface area is 299 Å². The van der Waals surface area contributed by atoms with Crippen molar-refractivity contribution in [2.24, 2.45) is 5.92 Å². The van der Waals surface area contributed by atoms with Crippen LogP contribution in [-0.2, 0) is 19.1 Å². The molecule has 5 heteroatoms. The third kappa shape index (κ3) is 39.3. The van der Waals surface area contributed by atoms with Crippen molar-refractivity contribution < 1.29 is 24.2 Å². The Morgan fingerprint density at radius 2 is 0.667 bits per heavy atom. The number of ether oxygens (including phenoxy) is 2. The molecule has 1 atom stereocenters. The van der Waals surface area contributed by atoms with Gasteiger partial charge in [0.1, 0.15) is 19.3 Å². The smallest absolute Gasteiger partial charge is 0.305 e. The molecule has 1 N–H and O–H groups in total. The number of unbranched alkanes of at least 4 members (excludes halogenated alkanes) is 29. The molecule has 286 valence electrons. The maximum Gasteiger partial charge on any atom is 0.305 e. The molecule has 48 heavy (non-hydrogen) atoms. The van der Waals surface area contributed by atoms with Crippen LogP contribution < -0.4 is 0 Å². The summed E-state index contributed by atoms with van der Waals surface area (Å²) in [4.78, 5) is 24.0. The number of rotatable bonds is 39. The van der Waals surface area contributed by atoms with Gasteiger partial charge < -0.3 is 14.6 Å². The van der Waals surface area contributed by atoms with Gasteiger partial charge in [-0.1, -0.05) is 213 Å². The molecule has 0 aromatic rings. The average molecular weight is 681 g/mol. The van der Waals surface area contributed by atoms with Crippen molar-refractivity contribution >= 4 is 11.9 Å². The molecule has 0 radical (unpaired) electrons. The van der Waals surface area contributed by atoms with E-state index in [9.17, 15) is 14.7 Å². The first-order chi connectivity index (χ1) is 23.5. The minimum atomic E-state index is -0.955. The molecular formula is C43H84O5. The number of hydrogen-bond donors (Lipinski definition) is 1. The molecule has 0 aromatic carbocycles. The number of carbonyl (C=O) groups is 2. The van der Waals surface area contributed by atoms with E-state index < -0.39 is 6.10 Å². The first kappa shape index (κ1) is 46.9. The molecule has 0 saturated carbocycles. The lowest BCUT2D eigenvalue weighted by Crippen LogP contribution is -2.25. The first-order valence-corrected chi connectivity index (χ1v) is 21.4. The van der Waals surface area contributed by atoms with Crippen LogP contribution in [0.5, 0.6) is 0 Å². The molecule has 0 aliphatic heterocycles. The summed E-state index contributed by atoms with van der Waals surface area (Å²) in [5, 5.41) is 10.0. The summed E-state index contributed by atoms with van der Waals surface area (Å²) >= 11 is 0. The van der Waals surface area contributed by atoms with Gasteiger partial charge in [-0.25, -0.2) is 0 Å². The van der Waals surface area contributed by atoms with E-state index >= 15 is 0 Å². The quantitative estimate of drug-likeness (QED) is 0.0517. The van der Waals surface area contributed by atoms with Crippen molar-refractivity contribution in [1.82, 2.24) is 0 Å². The average Bonchev–Trinajstić information content (AvgIpc) is 3.07. The van der Waals surface area contributed by atoms with Crippen molar-refractivity contribution in [3.05, 3.63) is 0 Å². The van der Waals surface area contributed by atoms with Crippen LogP contribution in [0.3, 0.4) is 0 Å².